The summed E-state index contributed by atoms with van der Waals surface area (Å²) in [5, 5.41) is 5.48. The summed E-state index contributed by atoms with van der Waals surface area (Å²) >= 11 is 0. The Bertz CT molecular complexity index is 662. The molecule has 3 rings (SSSR count). The summed E-state index contributed by atoms with van der Waals surface area (Å²) in [6, 6.07) is 17.8. The third-order valence-corrected chi connectivity index (χ3v) is 3.36. The van der Waals surface area contributed by atoms with Gasteiger partial charge in [0, 0.05) is 25.8 Å². The van der Waals surface area contributed by atoms with Crippen molar-refractivity contribution >= 4 is 21.5 Å². The summed E-state index contributed by atoms with van der Waals surface area (Å²) in [4.78, 5) is 0. The maximum absolute atomic E-state index is 2.34. The molecule has 0 aromatic heterocycles. The molecule has 0 saturated heterocycles. The zero-order chi connectivity index (χ0) is 11.8. The molecule has 0 unspecified atom stereocenters. The smallest absolute Gasteiger partial charge is 0 e. The zero-order valence-electron chi connectivity index (χ0n) is 12.9. The van der Waals surface area contributed by atoms with Crippen molar-refractivity contribution < 1.29 is 25.8 Å². The molecule has 0 aliphatic rings. The van der Waals surface area contributed by atoms with Gasteiger partial charge in [-0.1, -0.05) is 61.9 Å². The molecule has 3 aromatic rings. The second kappa shape index (κ2) is 7.83. The van der Waals surface area contributed by atoms with Crippen molar-refractivity contribution in [3.8, 4) is 0 Å². The van der Waals surface area contributed by atoms with Gasteiger partial charge in [-0.25, -0.2) is 0 Å². The van der Waals surface area contributed by atoms with E-state index >= 15 is 0 Å². The fourth-order valence-corrected chi connectivity index (χ4v) is 2.57. The molecular weight excluding hydrogens is 407 g/mol. The SMILES string of the molecule is CC(C)C[c-]1ccc2cc3ccccc3cc21.[CH3-].[CH3-].[Hf]. The minimum absolute atomic E-state index is 0. The van der Waals surface area contributed by atoms with Gasteiger partial charge in [0.25, 0.3) is 0 Å². The molecule has 0 aliphatic carbocycles. The predicted molar refractivity (Wildman–Crippen MR) is 88.4 cm³/mol. The molecule has 3 aromatic carbocycles. The first kappa shape index (κ1) is 19.2. The van der Waals surface area contributed by atoms with Crippen LogP contribution >= 0.6 is 0 Å². The first-order valence-corrected chi connectivity index (χ1v) is 6.31. The number of rotatable bonds is 2. The maximum atomic E-state index is 2.34. The van der Waals surface area contributed by atoms with E-state index in [0.717, 1.165) is 0 Å². The summed E-state index contributed by atoms with van der Waals surface area (Å²) in [7, 11) is 0. The van der Waals surface area contributed by atoms with Gasteiger partial charge in [0.2, 0.25) is 0 Å². The number of hydrogen-bond donors (Lipinski definition) is 0. The van der Waals surface area contributed by atoms with Gasteiger partial charge in [-0.3, -0.25) is 0 Å². The molecule has 20 heavy (non-hydrogen) atoms. The minimum Gasteiger partial charge on any atom is -0.358 e. The van der Waals surface area contributed by atoms with E-state index in [2.05, 4.69) is 62.4 Å². The van der Waals surface area contributed by atoms with E-state index in [0.29, 0.717) is 5.92 Å². The Balaban J connectivity index is 0.00000120. The van der Waals surface area contributed by atoms with Crippen LogP contribution in [0.4, 0.5) is 0 Å². The fourth-order valence-electron chi connectivity index (χ4n) is 2.57. The van der Waals surface area contributed by atoms with E-state index < -0.39 is 0 Å². The Hall–Kier alpha value is -0.820. The Morgan fingerprint density at radius 3 is 2.10 bits per heavy atom. The van der Waals surface area contributed by atoms with Crippen molar-refractivity contribution in [2.45, 2.75) is 20.3 Å². The van der Waals surface area contributed by atoms with Crippen LogP contribution in [-0.2, 0) is 32.3 Å². The van der Waals surface area contributed by atoms with Gasteiger partial charge in [0.1, 0.15) is 0 Å². The van der Waals surface area contributed by atoms with Crippen molar-refractivity contribution in [3.63, 3.8) is 0 Å². The molecule has 0 bridgehead atoms. The Morgan fingerprint density at radius 1 is 0.900 bits per heavy atom. The molecule has 0 nitrogen and oxygen atoms in total. The van der Waals surface area contributed by atoms with Gasteiger partial charge < -0.3 is 14.9 Å². The van der Waals surface area contributed by atoms with E-state index in [9.17, 15) is 0 Å². The molecule has 0 aliphatic heterocycles. The number of fused-ring (bicyclic) bond motifs is 2. The van der Waals surface area contributed by atoms with Crippen molar-refractivity contribution in [1.82, 2.24) is 0 Å². The molecular formula is C19H23Hf-3. The van der Waals surface area contributed by atoms with Crippen LogP contribution in [0.25, 0.3) is 21.5 Å². The van der Waals surface area contributed by atoms with Gasteiger partial charge in [-0.2, -0.15) is 6.07 Å². The normalized spacial score (nSPS) is 9.95. The monoisotopic (exact) mass is 431 g/mol. The average molecular weight is 430 g/mol. The van der Waals surface area contributed by atoms with Crippen molar-refractivity contribution in [3.05, 3.63) is 68.9 Å². The van der Waals surface area contributed by atoms with Crippen LogP contribution < -0.4 is 0 Å². The molecule has 0 fully saturated rings. The van der Waals surface area contributed by atoms with Crippen LogP contribution in [0, 0.1) is 20.8 Å². The standard InChI is InChI=1S/C17H17.2CH3.Hf/c1-12(2)9-15-7-8-16-10-13-5-3-4-6-14(13)11-17(15)16;;;/h3-8,10-12H,9H2,1-2H3;2*1H3;/q3*-1;. The van der Waals surface area contributed by atoms with Crippen LogP contribution in [0.2, 0.25) is 0 Å². The van der Waals surface area contributed by atoms with E-state index in [1.54, 1.807) is 0 Å². The van der Waals surface area contributed by atoms with Crippen molar-refractivity contribution in [2.24, 2.45) is 5.92 Å². The van der Waals surface area contributed by atoms with E-state index in [4.69, 9.17) is 0 Å². The Labute approximate surface area is 142 Å². The second-order valence-corrected chi connectivity index (χ2v) is 5.24. The molecule has 0 amide bonds. The average Bonchev–Trinajstić information content (AvgIpc) is 2.68. The maximum Gasteiger partial charge on any atom is 0 e. The zero-order valence-corrected chi connectivity index (χ0v) is 16.5. The molecule has 106 valence electrons. The van der Waals surface area contributed by atoms with Gasteiger partial charge in [0.15, 0.2) is 0 Å². The molecule has 0 heterocycles. The molecule has 0 radical (unpaired) electrons. The van der Waals surface area contributed by atoms with Crippen molar-refractivity contribution in [1.29, 1.82) is 0 Å². The summed E-state index contributed by atoms with van der Waals surface area (Å²) in [6.07, 6.45) is 1.17. The third-order valence-electron chi connectivity index (χ3n) is 3.36. The van der Waals surface area contributed by atoms with Gasteiger partial charge in [-0.05, 0) is 5.39 Å². The van der Waals surface area contributed by atoms with Crippen molar-refractivity contribution in [2.75, 3.05) is 0 Å². The largest absolute Gasteiger partial charge is 0.358 e. The van der Waals surface area contributed by atoms with Crippen LogP contribution in [0.5, 0.6) is 0 Å². The van der Waals surface area contributed by atoms with E-state index in [1.165, 1.54) is 33.5 Å². The molecule has 0 saturated carbocycles. The van der Waals surface area contributed by atoms with Crippen LogP contribution in [0.1, 0.15) is 19.4 Å². The minimum atomic E-state index is 0. The summed E-state index contributed by atoms with van der Waals surface area (Å²) in [5.74, 6) is 0.715. The summed E-state index contributed by atoms with van der Waals surface area (Å²) in [6.45, 7) is 4.56. The molecule has 1 heteroatoms. The second-order valence-electron chi connectivity index (χ2n) is 5.24. The Kier molecular flexibility index (Phi) is 7.51. The van der Waals surface area contributed by atoms with E-state index in [1.807, 2.05) is 0 Å². The van der Waals surface area contributed by atoms with E-state index in [-0.39, 0.29) is 40.7 Å². The molecule has 0 spiro atoms. The van der Waals surface area contributed by atoms with Crippen LogP contribution in [-0.4, -0.2) is 0 Å². The molecule has 0 N–H and O–H groups in total. The fraction of sp³-hybridized carbons (Fsp3) is 0.211. The first-order chi connectivity index (χ1) is 8.24. The van der Waals surface area contributed by atoms with Crippen LogP contribution in [0.3, 0.4) is 0 Å². The topological polar surface area (TPSA) is 0 Å². The summed E-state index contributed by atoms with van der Waals surface area (Å²) in [5.41, 5.74) is 1.49. The van der Waals surface area contributed by atoms with Gasteiger partial charge >= 0.3 is 0 Å². The molecule has 0 atom stereocenters. The summed E-state index contributed by atoms with van der Waals surface area (Å²) < 4.78 is 0. The quantitative estimate of drug-likeness (QED) is 0.356. The van der Waals surface area contributed by atoms with Crippen LogP contribution in [0.15, 0.2) is 48.5 Å². The Morgan fingerprint density at radius 2 is 1.50 bits per heavy atom. The number of hydrogen-bond acceptors (Lipinski definition) is 0. The van der Waals surface area contributed by atoms with Gasteiger partial charge in [0.05, 0.1) is 0 Å². The first-order valence-electron chi connectivity index (χ1n) is 6.31. The van der Waals surface area contributed by atoms with Gasteiger partial charge in [-0.15, -0.1) is 28.5 Å². The number of benzene rings is 2. The third kappa shape index (κ3) is 3.63. The predicted octanol–water partition coefficient (Wildman–Crippen LogP) is 5.81.